The lowest BCUT2D eigenvalue weighted by Crippen LogP contribution is -2.49. The Morgan fingerprint density at radius 2 is 1.90 bits per heavy atom. The Bertz CT molecular complexity index is 890. The fourth-order valence-corrected chi connectivity index (χ4v) is 3.88. The van der Waals surface area contributed by atoms with Crippen LogP contribution in [0.1, 0.15) is 17.0 Å². The molecular formula is C18H18BrClF4N4O. The zero-order valence-corrected chi connectivity index (χ0v) is 17.8. The molecule has 2 aromatic rings. The molecule has 1 aliphatic heterocycles. The Kier molecular flexibility index (Phi) is 6.54. The highest BCUT2D eigenvalue weighted by Crippen LogP contribution is 2.35. The molecule has 1 saturated heterocycles. The monoisotopic (exact) mass is 496 g/mol. The van der Waals surface area contributed by atoms with Crippen molar-refractivity contribution in [3.05, 3.63) is 50.5 Å². The van der Waals surface area contributed by atoms with E-state index in [1.807, 2.05) is 4.90 Å². The van der Waals surface area contributed by atoms with E-state index in [1.54, 1.807) is 11.0 Å². The summed E-state index contributed by atoms with van der Waals surface area (Å²) in [5.41, 5.74) is -0.404. The highest BCUT2D eigenvalue weighted by atomic mass is 79.9. The van der Waals surface area contributed by atoms with Gasteiger partial charge in [0.05, 0.1) is 10.2 Å². The second kappa shape index (κ2) is 8.61. The number of nitrogens with zero attached hydrogens (tertiary/aromatic N) is 4. The number of benzene rings is 1. The molecule has 1 aliphatic rings. The number of amides is 1. The maximum atomic E-state index is 13.9. The molecule has 1 fully saturated rings. The summed E-state index contributed by atoms with van der Waals surface area (Å²) in [7, 11) is 0. The predicted octanol–water partition coefficient (Wildman–Crippen LogP) is 4.11. The fraction of sp³-hybridized carbons (Fsp3) is 0.444. The van der Waals surface area contributed by atoms with E-state index >= 15 is 0 Å². The number of halogens is 6. The second-order valence-electron chi connectivity index (χ2n) is 6.76. The van der Waals surface area contributed by atoms with Gasteiger partial charge in [-0.1, -0.05) is 17.7 Å². The average Bonchev–Trinajstić information content (AvgIpc) is 2.94. The standard InChI is InChI=1S/C18H18BrClF4N4O/c1-11-16(19)17(18(22,23)24)25-28(11)10-15(29)27-7-5-26(6-8-27)9-12-13(20)3-2-4-14(12)21/h2-4H,5-10H2,1H3. The summed E-state index contributed by atoms with van der Waals surface area (Å²) < 4.78 is 53.7. The third-order valence-corrected chi connectivity index (χ3v) is 6.16. The molecule has 1 aromatic carbocycles. The molecule has 0 bridgehead atoms. The maximum Gasteiger partial charge on any atom is 0.436 e. The van der Waals surface area contributed by atoms with Crippen LogP contribution >= 0.6 is 27.5 Å². The third kappa shape index (κ3) is 4.92. The van der Waals surface area contributed by atoms with E-state index in [4.69, 9.17) is 11.6 Å². The fourth-order valence-electron chi connectivity index (χ4n) is 3.15. The van der Waals surface area contributed by atoms with Gasteiger partial charge in [-0.15, -0.1) is 0 Å². The van der Waals surface area contributed by atoms with Gasteiger partial charge in [0.15, 0.2) is 5.69 Å². The van der Waals surface area contributed by atoms with Gasteiger partial charge in [0.2, 0.25) is 5.91 Å². The van der Waals surface area contributed by atoms with E-state index in [0.717, 1.165) is 4.68 Å². The van der Waals surface area contributed by atoms with E-state index in [9.17, 15) is 22.4 Å². The van der Waals surface area contributed by atoms with Crippen LogP contribution in [0.3, 0.4) is 0 Å². The molecule has 0 spiro atoms. The topological polar surface area (TPSA) is 41.4 Å². The van der Waals surface area contributed by atoms with Gasteiger partial charge in [-0.25, -0.2) is 4.39 Å². The van der Waals surface area contributed by atoms with E-state index < -0.39 is 11.9 Å². The predicted molar refractivity (Wildman–Crippen MR) is 103 cm³/mol. The summed E-state index contributed by atoms with van der Waals surface area (Å²) in [5, 5.41) is 3.89. The molecule has 158 valence electrons. The number of carbonyl (C=O) groups is 1. The molecule has 0 N–H and O–H groups in total. The van der Waals surface area contributed by atoms with E-state index in [-0.39, 0.29) is 28.4 Å². The highest BCUT2D eigenvalue weighted by Gasteiger charge is 2.38. The number of aromatic nitrogens is 2. The Labute approximate surface area is 178 Å². The zero-order valence-electron chi connectivity index (χ0n) is 15.4. The minimum Gasteiger partial charge on any atom is -0.339 e. The van der Waals surface area contributed by atoms with Crippen LogP contribution in [0.5, 0.6) is 0 Å². The van der Waals surface area contributed by atoms with Gasteiger partial charge in [-0.3, -0.25) is 14.4 Å². The third-order valence-electron chi connectivity index (χ3n) is 4.86. The summed E-state index contributed by atoms with van der Waals surface area (Å²) in [6, 6.07) is 4.51. The molecule has 3 rings (SSSR count). The van der Waals surface area contributed by atoms with E-state index in [2.05, 4.69) is 21.0 Å². The number of hydrogen-bond donors (Lipinski definition) is 0. The first kappa shape index (κ1) is 22.0. The average molecular weight is 498 g/mol. The summed E-state index contributed by atoms with van der Waals surface area (Å²) in [6.45, 7) is 3.30. The number of piperazine rings is 1. The summed E-state index contributed by atoms with van der Waals surface area (Å²) in [4.78, 5) is 16.1. The Balaban J connectivity index is 1.60. The Hall–Kier alpha value is -1.65. The van der Waals surface area contributed by atoms with Gasteiger partial charge in [0.1, 0.15) is 12.4 Å². The molecule has 2 heterocycles. The highest BCUT2D eigenvalue weighted by molar-refractivity contribution is 9.10. The van der Waals surface area contributed by atoms with Crippen molar-refractivity contribution >= 4 is 33.4 Å². The summed E-state index contributed by atoms with van der Waals surface area (Å²) in [5.74, 6) is -0.698. The van der Waals surface area contributed by atoms with Gasteiger partial charge in [-0.2, -0.15) is 18.3 Å². The van der Waals surface area contributed by atoms with Crippen molar-refractivity contribution < 1.29 is 22.4 Å². The molecule has 1 amide bonds. The first-order valence-electron chi connectivity index (χ1n) is 8.81. The van der Waals surface area contributed by atoms with Gasteiger partial charge in [-0.05, 0) is 35.0 Å². The quantitative estimate of drug-likeness (QED) is 0.597. The van der Waals surface area contributed by atoms with Crippen molar-refractivity contribution in [1.29, 1.82) is 0 Å². The SMILES string of the molecule is Cc1c(Br)c(C(F)(F)F)nn1CC(=O)N1CCN(Cc2c(F)cccc2Cl)CC1. The van der Waals surface area contributed by atoms with Crippen LogP contribution < -0.4 is 0 Å². The van der Waals surface area contributed by atoms with Gasteiger partial charge in [0, 0.05) is 43.3 Å². The van der Waals surface area contributed by atoms with Crippen molar-refractivity contribution in [2.75, 3.05) is 26.2 Å². The minimum atomic E-state index is -4.60. The molecule has 5 nitrogen and oxygen atoms in total. The second-order valence-corrected chi connectivity index (χ2v) is 7.96. The van der Waals surface area contributed by atoms with E-state index in [0.29, 0.717) is 43.3 Å². The van der Waals surface area contributed by atoms with E-state index in [1.165, 1.54) is 19.1 Å². The molecule has 0 radical (unpaired) electrons. The molecule has 0 aliphatic carbocycles. The lowest BCUT2D eigenvalue weighted by atomic mass is 10.2. The molecule has 0 atom stereocenters. The number of rotatable bonds is 4. The first-order valence-corrected chi connectivity index (χ1v) is 9.98. The Morgan fingerprint density at radius 1 is 1.24 bits per heavy atom. The van der Waals surface area contributed by atoms with Crippen molar-refractivity contribution in [3.8, 4) is 0 Å². The van der Waals surface area contributed by atoms with Gasteiger partial charge in [0.25, 0.3) is 0 Å². The first-order chi connectivity index (χ1) is 13.6. The van der Waals surface area contributed by atoms with Crippen molar-refractivity contribution in [3.63, 3.8) is 0 Å². The van der Waals surface area contributed by atoms with Crippen LogP contribution in [0.4, 0.5) is 17.6 Å². The minimum absolute atomic E-state index is 0.163. The van der Waals surface area contributed by atoms with Crippen molar-refractivity contribution in [2.24, 2.45) is 0 Å². The zero-order chi connectivity index (χ0) is 21.3. The molecule has 0 saturated carbocycles. The largest absolute Gasteiger partial charge is 0.436 e. The smallest absolute Gasteiger partial charge is 0.339 e. The Morgan fingerprint density at radius 3 is 2.45 bits per heavy atom. The molecular weight excluding hydrogens is 480 g/mol. The van der Waals surface area contributed by atoms with Crippen LogP contribution in [0.25, 0.3) is 0 Å². The van der Waals surface area contributed by atoms with Gasteiger partial charge < -0.3 is 4.90 Å². The van der Waals surface area contributed by atoms with Crippen molar-refractivity contribution in [1.82, 2.24) is 19.6 Å². The van der Waals surface area contributed by atoms with Crippen LogP contribution in [-0.2, 0) is 24.1 Å². The normalized spacial score (nSPS) is 15.8. The molecule has 0 unspecified atom stereocenters. The van der Waals surface area contributed by atoms with Crippen LogP contribution in [-0.4, -0.2) is 51.7 Å². The number of alkyl halides is 3. The van der Waals surface area contributed by atoms with Crippen LogP contribution in [0.15, 0.2) is 22.7 Å². The van der Waals surface area contributed by atoms with Gasteiger partial charge >= 0.3 is 6.18 Å². The number of hydrogen-bond acceptors (Lipinski definition) is 3. The molecule has 11 heteroatoms. The molecule has 29 heavy (non-hydrogen) atoms. The number of carbonyl (C=O) groups excluding carboxylic acids is 1. The lowest BCUT2D eigenvalue weighted by Gasteiger charge is -2.35. The molecule has 1 aromatic heterocycles. The summed E-state index contributed by atoms with van der Waals surface area (Å²) >= 11 is 8.95. The lowest BCUT2D eigenvalue weighted by molar-refractivity contribution is -0.142. The summed E-state index contributed by atoms with van der Waals surface area (Å²) in [6.07, 6.45) is -4.60. The van der Waals surface area contributed by atoms with Crippen LogP contribution in [0.2, 0.25) is 5.02 Å². The maximum absolute atomic E-state index is 13.9. The van der Waals surface area contributed by atoms with Crippen LogP contribution in [0, 0.1) is 12.7 Å². The van der Waals surface area contributed by atoms with Crippen molar-refractivity contribution in [2.45, 2.75) is 26.2 Å².